The van der Waals surface area contributed by atoms with E-state index in [2.05, 4.69) is 6.07 Å². The second-order valence-corrected chi connectivity index (χ2v) is 7.55. The number of rotatable bonds is 5. The maximum absolute atomic E-state index is 11.2. The summed E-state index contributed by atoms with van der Waals surface area (Å²) in [6.07, 6.45) is 8.14. The lowest BCUT2D eigenvalue weighted by Gasteiger charge is -2.34. The summed E-state index contributed by atoms with van der Waals surface area (Å²) in [6.45, 7) is 0. The van der Waals surface area contributed by atoms with Gasteiger partial charge in [0.1, 0.15) is 0 Å². The Morgan fingerprint density at radius 3 is 2.42 bits per heavy atom. The summed E-state index contributed by atoms with van der Waals surface area (Å²) in [5.74, 6) is 0.291. The van der Waals surface area contributed by atoms with E-state index in [0.717, 1.165) is 18.4 Å². The number of nitriles is 1. The van der Waals surface area contributed by atoms with Gasteiger partial charge >= 0.3 is 5.97 Å². The molecule has 3 rings (SSSR count). The first-order valence-electron chi connectivity index (χ1n) is 9.57. The Balaban J connectivity index is 1.83. The van der Waals surface area contributed by atoms with Gasteiger partial charge in [-0.1, -0.05) is 12.5 Å². The van der Waals surface area contributed by atoms with Crippen LogP contribution >= 0.6 is 0 Å². The normalized spacial score (nSPS) is 26.7. The standard InChI is InChI=1S/C21H27NO4/c1-25-18-8-7-16(13-19(18)26-17-5-3-2-4-6-17)21(14-22)11-9-15(10-12-21)20(23)24/h7-8,13,15,17H,2-6,9-12H2,1H3,(H,23,24). The highest BCUT2D eigenvalue weighted by Gasteiger charge is 2.39. The van der Waals surface area contributed by atoms with E-state index >= 15 is 0 Å². The molecule has 5 nitrogen and oxygen atoms in total. The van der Waals surface area contributed by atoms with E-state index in [0.29, 0.717) is 37.2 Å². The number of benzene rings is 1. The molecule has 140 valence electrons. The number of hydrogen-bond donors (Lipinski definition) is 1. The van der Waals surface area contributed by atoms with Gasteiger partial charge in [0, 0.05) is 0 Å². The van der Waals surface area contributed by atoms with E-state index in [-0.39, 0.29) is 12.0 Å². The lowest BCUT2D eigenvalue weighted by molar-refractivity contribution is -0.143. The Hall–Kier alpha value is -2.22. The van der Waals surface area contributed by atoms with Gasteiger partial charge in [0.25, 0.3) is 0 Å². The van der Waals surface area contributed by atoms with E-state index in [1.54, 1.807) is 7.11 Å². The third-order valence-electron chi connectivity index (χ3n) is 5.96. The average molecular weight is 357 g/mol. The number of ether oxygens (including phenoxy) is 2. The molecule has 0 radical (unpaired) electrons. The molecule has 0 amide bonds. The van der Waals surface area contributed by atoms with E-state index in [9.17, 15) is 15.2 Å². The van der Waals surface area contributed by atoms with Gasteiger partial charge in [-0.2, -0.15) is 5.26 Å². The monoisotopic (exact) mass is 357 g/mol. The lowest BCUT2D eigenvalue weighted by atomic mass is 9.67. The van der Waals surface area contributed by atoms with E-state index in [1.807, 2.05) is 18.2 Å². The summed E-state index contributed by atoms with van der Waals surface area (Å²) in [4.78, 5) is 11.2. The summed E-state index contributed by atoms with van der Waals surface area (Å²) < 4.78 is 11.7. The smallest absolute Gasteiger partial charge is 0.306 e. The number of aliphatic carboxylic acids is 1. The Kier molecular flexibility index (Phi) is 5.70. The first kappa shape index (κ1) is 18.6. The molecule has 0 aromatic heterocycles. The van der Waals surface area contributed by atoms with Crippen molar-refractivity contribution in [3.05, 3.63) is 23.8 Å². The predicted octanol–water partition coefficient (Wildman–Crippen LogP) is 4.44. The number of carboxylic acid groups (broad SMARTS) is 1. The summed E-state index contributed by atoms with van der Waals surface area (Å²) in [5, 5.41) is 19.1. The fraction of sp³-hybridized carbons (Fsp3) is 0.619. The number of hydrogen-bond acceptors (Lipinski definition) is 4. The summed E-state index contributed by atoms with van der Waals surface area (Å²) >= 11 is 0. The van der Waals surface area contributed by atoms with Crippen molar-refractivity contribution in [2.75, 3.05) is 7.11 Å². The molecule has 2 aliphatic rings. The van der Waals surface area contributed by atoms with Crippen LogP contribution in [0.4, 0.5) is 0 Å². The zero-order valence-electron chi connectivity index (χ0n) is 15.4. The summed E-state index contributed by atoms with van der Waals surface area (Å²) in [7, 11) is 1.63. The third kappa shape index (κ3) is 3.80. The Bertz CT molecular complexity index is 680. The maximum atomic E-state index is 11.2. The van der Waals surface area contributed by atoms with E-state index < -0.39 is 11.4 Å². The second-order valence-electron chi connectivity index (χ2n) is 7.55. The van der Waals surface area contributed by atoms with Crippen molar-refractivity contribution >= 4 is 5.97 Å². The van der Waals surface area contributed by atoms with E-state index in [4.69, 9.17) is 9.47 Å². The highest BCUT2D eigenvalue weighted by molar-refractivity contribution is 5.70. The molecule has 1 N–H and O–H groups in total. The topological polar surface area (TPSA) is 79.5 Å². The lowest BCUT2D eigenvalue weighted by Crippen LogP contribution is -2.33. The molecule has 1 aromatic carbocycles. The van der Waals surface area contributed by atoms with Gasteiger partial charge in [-0.3, -0.25) is 4.79 Å². The molecule has 0 atom stereocenters. The number of nitrogens with zero attached hydrogens (tertiary/aromatic N) is 1. The molecule has 2 saturated carbocycles. The van der Waals surface area contributed by atoms with Crippen LogP contribution in [0.2, 0.25) is 0 Å². The van der Waals surface area contributed by atoms with Gasteiger partial charge in [-0.05, 0) is 69.1 Å². The number of carbonyl (C=O) groups is 1. The van der Waals surface area contributed by atoms with Crippen LogP contribution in [0, 0.1) is 17.2 Å². The number of carboxylic acids is 1. The molecule has 0 saturated heterocycles. The summed E-state index contributed by atoms with van der Waals surface area (Å²) in [6, 6.07) is 8.21. The van der Waals surface area contributed by atoms with Crippen molar-refractivity contribution in [1.82, 2.24) is 0 Å². The molecule has 0 bridgehead atoms. The van der Waals surface area contributed by atoms with Crippen molar-refractivity contribution in [2.45, 2.75) is 69.3 Å². The van der Waals surface area contributed by atoms with Gasteiger partial charge in [-0.25, -0.2) is 0 Å². The second kappa shape index (κ2) is 7.99. The van der Waals surface area contributed by atoms with Gasteiger partial charge in [0.05, 0.1) is 30.6 Å². The van der Waals surface area contributed by atoms with Gasteiger partial charge < -0.3 is 14.6 Å². The molecule has 26 heavy (non-hydrogen) atoms. The Morgan fingerprint density at radius 2 is 1.85 bits per heavy atom. The fourth-order valence-electron chi connectivity index (χ4n) is 4.25. The minimum atomic E-state index is -0.757. The quantitative estimate of drug-likeness (QED) is 0.842. The van der Waals surface area contributed by atoms with Crippen molar-refractivity contribution in [3.8, 4) is 17.6 Å². The SMILES string of the molecule is COc1ccc(C2(C#N)CCC(C(=O)O)CC2)cc1OC1CCCCC1. The van der Waals surface area contributed by atoms with Crippen LogP contribution in [0.15, 0.2) is 18.2 Å². The molecule has 0 unspecified atom stereocenters. The van der Waals surface area contributed by atoms with Crippen LogP contribution in [-0.2, 0) is 10.2 Å². The zero-order chi connectivity index (χ0) is 18.6. The van der Waals surface area contributed by atoms with E-state index in [1.165, 1.54) is 19.3 Å². The minimum Gasteiger partial charge on any atom is -0.493 e. The largest absolute Gasteiger partial charge is 0.493 e. The summed E-state index contributed by atoms with van der Waals surface area (Å²) in [5.41, 5.74) is 0.276. The fourth-order valence-corrected chi connectivity index (χ4v) is 4.25. The van der Waals surface area contributed by atoms with Crippen molar-refractivity contribution in [1.29, 1.82) is 5.26 Å². The van der Waals surface area contributed by atoms with Crippen LogP contribution in [0.25, 0.3) is 0 Å². The molecule has 2 aliphatic carbocycles. The molecule has 0 spiro atoms. The first-order chi connectivity index (χ1) is 12.6. The van der Waals surface area contributed by atoms with Crippen molar-refractivity contribution in [2.24, 2.45) is 5.92 Å². The maximum Gasteiger partial charge on any atom is 0.306 e. The molecule has 1 aromatic rings. The highest BCUT2D eigenvalue weighted by atomic mass is 16.5. The molecule has 0 heterocycles. The van der Waals surface area contributed by atoms with Crippen LogP contribution in [0.3, 0.4) is 0 Å². The van der Waals surface area contributed by atoms with Crippen LogP contribution in [-0.4, -0.2) is 24.3 Å². The molecule has 5 heteroatoms. The zero-order valence-corrected chi connectivity index (χ0v) is 15.4. The van der Waals surface area contributed by atoms with Gasteiger partial charge in [0.2, 0.25) is 0 Å². The highest BCUT2D eigenvalue weighted by Crippen LogP contribution is 2.44. The van der Waals surface area contributed by atoms with Crippen LogP contribution in [0.1, 0.15) is 63.4 Å². The third-order valence-corrected chi connectivity index (χ3v) is 5.96. The van der Waals surface area contributed by atoms with Crippen molar-refractivity contribution in [3.63, 3.8) is 0 Å². The average Bonchev–Trinajstić information content (AvgIpc) is 2.68. The molecule has 0 aliphatic heterocycles. The predicted molar refractivity (Wildman–Crippen MR) is 97.4 cm³/mol. The molecular weight excluding hydrogens is 330 g/mol. The number of methoxy groups -OCH3 is 1. The Morgan fingerprint density at radius 1 is 1.15 bits per heavy atom. The Labute approximate surface area is 154 Å². The molecular formula is C21H27NO4. The first-order valence-corrected chi connectivity index (χ1v) is 9.57. The van der Waals surface area contributed by atoms with Gasteiger partial charge in [0.15, 0.2) is 11.5 Å². The minimum absolute atomic E-state index is 0.202. The van der Waals surface area contributed by atoms with Crippen molar-refractivity contribution < 1.29 is 19.4 Å². The van der Waals surface area contributed by atoms with Crippen LogP contribution < -0.4 is 9.47 Å². The molecule has 2 fully saturated rings. The van der Waals surface area contributed by atoms with Crippen LogP contribution in [0.5, 0.6) is 11.5 Å². The van der Waals surface area contributed by atoms with Gasteiger partial charge in [-0.15, -0.1) is 0 Å².